The van der Waals surface area contributed by atoms with Crippen molar-refractivity contribution in [3.63, 3.8) is 0 Å². The van der Waals surface area contributed by atoms with Crippen LogP contribution in [0.1, 0.15) is 19.3 Å². The Hall–Kier alpha value is -1.18. The normalized spacial score (nSPS) is 16.2. The maximum Gasteiger partial charge on any atom is 0.311 e. The second kappa shape index (κ2) is 9.68. The Morgan fingerprint density at radius 1 is 1.10 bits per heavy atom. The van der Waals surface area contributed by atoms with Gasteiger partial charge in [-0.25, -0.2) is 0 Å². The molecule has 116 valence electrons. The number of piperazine rings is 1. The van der Waals surface area contributed by atoms with Crippen molar-refractivity contribution in [2.24, 2.45) is 5.73 Å². The molecule has 1 rings (SSSR count). The first-order valence-electron chi connectivity index (χ1n) is 7.29. The monoisotopic (exact) mass is 286 g/mol. The van der Waals surface area contributed by atoms with E-state index < -0.39 is 11.8 Å². The number of carbonyl (C=O) groups excluding carboxylic acids is 2. The Labute approximate surface area is 120 Å². The summed E-state index contributed by atoms with van der Waals surface area (Å²) in [5, 5.41) is 11.3. The lowest BCUT2D eigenvalue weighted by Crippen LogP contribution is -2.53. The Kier molecular flexibility index (Phi) is 8.17. The number of hydrogen-bond donors (Lipinski definition) is 3. The van der Waals surface area contributed by atoms with E-state index in [4.69, 9.17) is 10.8 Å². The highest BCUT2D eigenvalue weighted by molar-refractivity contribution is 6.35. The molecule has 7 heteroatoms. The molecule has 0 bridgehead atoms. The molecule has 0 aromatic carbocycles. The summed E-state index contributed by atoms with van der Waals surface area (Å²) in [6.45, 7) is 4.80. The Morgan fingerprint density at radius 2 is 1.80 bits per heavy atom. The summed E-state index contributed by atoms with van der Waals surface area (Å²) < 4.78 is 0. The van der Waals surface area contributed by atoms with Gasteiger partial charge in [0.05, 0.1) is 0 Å². The van der Waals surface area contributed by atoms with Gasteiger partial charge in [-0.1, -0.05) is 0 Å². The van der Waals surface area contributed by atoms with Crippen molar-refractivity contribution in [1.82, 2.24) is 15.1 Å². The minimum Gasteiger partial charge on any atom is -0.396 e. The number of hydrogen-bond acceptors (Lipinski definition) is 5. The van der Waals surface area contributed by atoms with Crippen molar-refractivity contribution in [2.45, 2.75) is 19.3 Å². The number of nitrogens with one attached hydrogen (secondary N) is 1. The number of amides is 2. The molecule has 2 amide bonds. The van der Waals surface area contributed by atoms with Crippen LogP contribution in [-0.4, -0.2) is 79.1 Å². The van der Waals surface area contributed by atoms with Crippen LogP contribution in [0.5, 0.6) is 0 Å². The summed E-state index contributed by atoms with van der Waals surface area (Å²) in [5.41, 5.74) is 5.49. The molecular weight excluding hydrogens is 260 g/mol. The van der Waals surface area contributed by atoms with Gasteiger partial charge in [0.1, 0.15) is 0 Å². The molecule has 1 heterocycles. The fraction of sp³-hybridized carbons (Fsp3) is 0.846. The summed E-state index contributed by atoms with van der Waals surface area (Å²) in [6.07, 6.45) is 2.36. The predicted octanol–water partition coefficient (Wildman–Crippen LogP) is -1.63. The second-order valence-corrected chi connectivity index (χ2v) is 4.96. The predicted molar refractivity (Wildman–Crippen MR) is 76.0 cm³/mol. The van der Waals surface area contributed by atoms with E-state index in [1.54, 1.807) is 4.90 Å². The molecule has 1 saturated heterocycles. The average Bonchev–Trinajstić information content (AvgIpc) is 2.47. The number of aliphatic hydroxyl groups is 1. The lowest BCUT2D eigenvalue weighted by molar-refractivity contribution is -0.147. The molecule has 7 nitrogen and oxygen atoms in total. The quantitative estimate of drug-likeness (QED) is 0.385. The molecule has 0 aliphatic carbocycles. The lowest BCUT2D eigenvalue weighted by atomic mass is 10.2. The van der Waals surface area contributed by atoms with E-state index in [9.17, 15) is 9.59 Å². The minimum atomic E-state index is -0.527. The maximum absolute atomic E-state index is 11.9. The van der Waals surface area contributed by atoms with Crippen LogP contribution in [0, 0.1) is 0 Å². The first-order valence-corrected chi connectivity index (χ1v) is 7.29. The number of unbranched alkanes of at least 4 members (excludes halogenated alkanes) is 2. The number of nitrogens with zero attached hydrogens (tertiary/aromatic N) is 2. The third-order valence-electron chi connectivity index (χ3n) is 3.42. The smallest absolute Gasteiger partial charge is 0.311 e. The number of nitrogens with two attached hydrogens (primary N) is 1. The van der Waals surface area contributed by atoms with Gasteiger partial charge in [0.2, 0.25) is 0 Å². The zero-order valence-electron chi connectivity index (χ0n) is 12.0. The van der Waals surface area contributed by atoms with Crippen LogP contribution in [0.25, 0.3) is 0 Å². The Bertz CT molecular complexity index is 304. The summed E-state index contributed by atoms with van der Waals surface area (Å²) in [7, 11) is 0. The van der Waals surface area contributed by atoms with Gasteiger partial charge >= 0.3 is 11.8 Å². The van der Waals surface area contributed by atoms with E-state index in [1.807, 2.05) is 0 Å². The van der Waals surface area contributed by atoms with Gasteiger partial charge in [-0.2, -0.15) is 0 Å². The van der Waals surface area contributed by atoms with Crippen LogP contribution in [0.15, 0.2) is 0 Å². The first kappa shape index (κ1) is 16.9. The summed E-state index contributed by atoms with van der Waals surface area (Å²) in [6, 6.07) is 0. The molecule has 1 aliphatic rings. The molecule has 0 aromatic heterocycles. The van der Waals surface area contributed by atoms with Crippen molar-refractivity contribution >= 4 is 11.8 Å². The average molecular weight is 286 g/mol. The second-order valence-electron chi connectivity index (χ2n) is 4.96. The minimum absolute atomic E-state index is 0.167. The van der Waals surface area contributed by atoms with Gasteiger partial charge in [0, 0.05) is 52.4 Å². The molecule has 1 fully saturated rings. The van der Waals surface area contributed by atoms with Crippen molar-refractivity contribution in [1.29, 1.82) is 0 Å². The summed E-state index contributed by atoms with van der Waals surface area (Å²) in [5.74, 6) is -0.971. The molecule has 4 N–H and O–H groups in total. The van der Waals surface area contributed by atoms with Gasteiger partial charge in [-0.3, -0.25) is 14.5 Å². The largest absolute Gasteiger partial charge is 0.396 e. The van der Waals surface area contributed by atoms with Gasteiger partial charge < -0.3 is 21.1 Å². The van der Waals surface area contributed by atoms with E-state index in [2.05, 4.69) is 10.2 Å². The third kappa shape index (κ3) is 5.85. The highest BCUT2D eigenvalue weighted by atomic mass is 16.3. The van der Waals surface area contributed by atoms with Crippen LogP contribution >= 0.6 is 0 Å². The first-order chi connectivity index (χ1) is 9.69. The molecule has 0 atom stereocenters. The lowest BCUT2D eigenvalue weighted by Gasteiger charge is -2.34. The fourth-order valence-electron chi connectivity index (χ4n) is 2.19. The van der Waals surface area contributed by atoms with Crippen LogP contribution in [-0.2, 0) is 9.59 Å². The van der Waals surface area contributed by atoms with Crippen molar-refractivity contribution in [3.05, 3.63) is 0 Å². The maximum atomic E-state index is 11.9. The van der Waals surface area contributed by atoms with Crippen LogP contribution in [0.3, 0.4) is 0 Å². The molecule has 20 heavy (non-hydrogen) atoms. The molecule has 1 aliphatic heterocycles. The zero-order valence-corrected chi connectivity index (χ0v) is 12.0. The van der Waals surface area contributed by atoms with Crippen molar-refractivity contribution < 1.29 is 14.7 Å². The zero-order chi connectivity index (χ0) is 14.8. The van der Waals surface area contributed by atoms with Gasteiger partial charge in [-0.05, 0) is 19.3 Å². The molecular formula is C13H26N4O3. The van der Waals surface area contributed by atoms with E-state index in [1.165, 1.54) is 0 Å². The van der Waals surface area contributed by atoms with Gasteiger partial charge in [0.15, 0.2) is 0 Å². The van der Waals surface area contributed by atoms with E-state index >= 15 is 0 Å². The van der Waals surface area contributed by atoms with E-state index in [0.717, 1.165) is 38.9 Å². The SMILES string of the molecule is NCCN1CCN(C(=O)C(=O)NCCCCCO)CC1. The van der Waals surface area contributed by atoms with E-state index in [-0.39, 0.29) is 6.61 Å². The molecule has 0 saturated carbocycles. The van der Waals surface area contributed by atoms with Crippen LogP contribution in [0.4, 0.5) is 0 Å². The molecule has 0 aromatic rings. The fourth-order valence-corrected chi connectivity index (χ4v) is 2.19. The van der Waals surface area contributed by atoms with Gasteiger partial charge in [0.25, 0.3) is 0 Å². The number of rotatable bonds is 7. The van der Waals surface area contributed by atoms with Crippen molar-refractivity contribution in [2.75, 3.05) is 52.4 Å². The molecule has 0 radical (unpaired) electrons. The highest BCUT2D eigenvalue weighted by Crippen LogP contribution is 2.01. The number of carbonyl (C=O) groups is 2. The summed E-state index contributed by atoms with van der Waals surface area (Å²) >= 11 is 0. The molecule has 0 spiro atoms. The standard InChI is InChI=1S/C13H26N4O3/c14-4-6-16-7-9-17(10-8-16)13(20)12(19)15-5-2-1-3-11-18/h18H,1-11,14H2,(H,15,19). The van der Waals surface area contributed by atoms with E-state index in [0.29, 0.717) is 26.2 Å². The topological polar surface area (TPSA) is 98.9 Å². The van der Waals surface area contributed by atoms with Crippen LogP contribution in [0.2, 0.25) is 0 Å². The Morgan fingerprint density at radius 3 is 2.40 bits per heavy atom. The Balaban J connectivity index is 2.19. The molecule has 0 unspecified atom stereocenters. The summed E-state index contributed by atoms with van der Waals surface area (Å²) in [4.78, 5) is 27.4. The van der Waals surface area contributed by atoms with Crippen LogP contribution < -0.4 is 11.1 Å². The third-order valence-corrected chi connectivity index (χ3v) is 3.42. The van der Waals surface area contributed by atoms with Crippen molar-refractivity contribution in [3.8, 4) is 0 Å². The highest BCUT2D eigenvalue weighted by Gasteiger charge is 2.25. The number of aliphatic hydroxyl groups excluding tert-OH is 1. The van der Waals surface area contributed by atoms with Gasteiger partial charge in [-0.15, -0.1) is 0 Å².